The van der Waals surface area contributed by atoms with Gasteiger partial charge in [0.1, 0.15) is 5.75 Å². The lowest BCUT2D eigenvalue weighted by atomic mass is 9.73. The first-order chi connectivity index (χ1) is 12.5. The van der Waals surface area contributed by atoms with E-state index >= 15 is 0 Å². The molecule has 1 aliphatic rings. The van der Waals surface area contributed by atoms with Crippen LogP contribution < -0.4 is 10.1 Å². The number of benzene rings is 2. The van der Waals surface area contributed by atoms with E-state index in [1.165, 1.54) is 0 Å². The second-order valence-electron chi connectivity index (χ2n) is 6.23. The Morgan fingerprint density at radius 3 is 2.46 bits per heavy atom. The Morgan fingerprint density at radius 2 is 1.85 bits per heavy atom. The van der Waals surface area contributed by atoms with Crippen molar-refractivity contribution in [1.29, 1.82) is 0 Å². The van der Waals surface area contributed by atoms with E-state index in [0.29, 0.717) is 42.7 Å². The molecule has 0 atom stereocenters. The van der Waals surface area contributed by atoms with Gasteiger partial charge < -0.3 is 14.8 Å². The Morgan fingerprint density at radius 1 is 1.15 bits per heavy atom. The molecule has 3 rings (SSSR count). The van der Waals surface area contributed by atoms with Crippen LogP contribution in [0.3, 0.4) is 0 Å². The van der Waals surface area contributed by atoms with Gasteiger partial charge in [-0.2, -0.15) is 0 Å². The molecule has 2 aromatic carbocycles. The SMILES string of the molecule is CCOc1ccc(NC(=O)C2(c3ccc(Cl)cc3Cl)CCOCC2)cc1. The highest BCUT2D eigenvalue weighted by Gasteiger charge is 2.43. The molecule has 1 amide bonds. The molecule has 2 aromatic rings. The van der Waals surface area contributed by atoms with Gasteiger partial charge >= 0.3 is 0 Å². The summed E-state index contributed by atoms with van der Waals surface area (Å²) in [5.41, 5.74) is 0.767. The van der Waals surface area contributed by atoms with Gasteiger partial charge in [-0.15, -0.1) is 0 Å². The van der Waals surface area contributed by atoms with Crippen molar-refractivity contribution in [2.75, 3.05) is 25.1 Å². The maximum atomic E-state index is 13.2. The van der Waals surface area contributed by atoms with E-state index in [1.807, 2.05) is 37.3 Å². The second kappa shape index (κ2) is 8.30. The van der Waals surface area contributed by atoms with Gasteiger partial charge in [-0.3, -0.25) is 4.79 Å². The van der Waals surface area contributed by atoms with Crippen LogP contribution in [0.15, 0.2) is 42.5 Å². The van der Waals surface area contributed by atoms with Crippen molar-refractivity contribution in [2.45, 2.75) is 25.2 Å². The van der Waals surface area contributed by atoms with Crippen LogP contribution in [0, 0.1) is 0 Å². The van der Waals surface area contributed by atoms with Gasteiger partial charge in [-0.1, -0.05) is 29.3 Å². The zero-order valence-electron chi connectivity index (χ0n) is 14.6. The van der Waals surface area contributed by atoms with Crippen LogP contribution in [0.4, 0.5) is 5.69 Å². The number of anilines is 1. The summed E-state index contributed by atoms with van der Waals surface area (Å²) in [5.74, 6) is 0.682. The molecule has 4 nitrogen and oxygen atoms in total. The van der Waals surface area contributed by atoms with Crippen molar-refractivity contribution in [3.05, 3.63) is 58.1 Å². The lowest BCUT2D eigenvalue weighted by Gasteiger charge is -2.36. The third kappa shape index (κ3) is 3.98. The highest BCUT2D eigenvalue weighted by Crippen LogP contribution is 2.40. The van der Waals surface area contributed by atoms with E-state index < -0.39 is 5.41 Å². The van der Waals surface area contributed by atoms with Gasteiger partial charge in [-0.05, 0) is 61.7 Å². The van der Waals surface area contributed by atoms with Crippen molar-refractivity contribution < 1.29 is 14.3 Å². The Bertz CT molecular complexity index is 771. The topological polar surface area (TPSA) is 47.6 Å². The lowest BCUT2D eigenvalue weighted by molar-refractivity contribution is -0.125. The summed E-state index contributed by atoms with van der Waals surface area (Å²) in [5, 5.41) is 4.07. The molecule has 1 aliphatic heterocycles. The minimum absolute atomic E-state index is 0.0887. The first-order valence-electron chi connectivity index (χ1n) is 8.63. The monoisotopic (exact) mass is 393 g/mol. The molecule has 1 fully saturated rings. The van der Waals surface area contributed by atoms with Gasteiger partial charge in [-0.25, -0.2) is 0 Å². The number of hydrogen-bond acceptors (Lipinski definition) is 3. The van der Waals surface area contributed by atoms with Crippen molar-refractivity contribution in [2.24, 2.45) is 0 Å². The van der Waals surface area contributed by atoms with Gasteiger partial charge in [0, 0.05) is 28.9 Å². The first kappa shape index (κ1) is 19.0. The summed E-state index contributed by atoms with van der Waals surface area (Å²) in [7, 11) is 0. The number of halogens is 2. The Balaban J connectivity index is 1.88. The van der Waals surface area contributed by atoms with Crippen LogP contribution >= 0.6 is 23.2 Å². The summed E-state index contributed by atoms with van der Waals surface area (Å²) >= 11 is 12.5. The number of hydrogen-bond donors (Lipinski definition) is 1. The summed E-state index contributed by atoms with van der Waals surface area (Å²) in [4.78, 5) is 13.2. The molecular formula is C20H21Cl2NO3. The molecule has 6 heteroatoms. The average Bonchev–Trinajstić information content (AvgIpc) is 2.64. The summed E-state index contributed by atoms with van der Waals surface area (Å²) in [6.07, 6.45) is 1.13. The molecule has 0 radical (unpaired) electrons. The fraction of sp³-hybridized carbons (Fsp3) is 0.350. The average molecular weight is 394 g/mol. The maximum Gasteiger partial charge on any atom is 0.235 e. The highest BCUT2D eigenvalue weighted by atomic mass is 35.5. The Labute approximate surface area is 163 Å². The van der Waals surface area contributed by atoms with E-state index in [1.54, 1.807) is 12.1 Å². The van der Waals surface area contributed by atoms with E-state index in [2.05, 4.69) is 5.32 Å². The first-order valence-corrected chi connectivity index (χ1v) is 9.38. The molecule has 0 aliphatic carbocycles. The predicted molar refractivity (Wildman–Crippen MR) is 104 cm³/mol. The largest absolute Gasteiger partial charge is 0.494 e. The molecule has 0 spiro atoms. The number of rotatable bonds is 5. The van der Waals surface area contributed by atoms with E-state index in [0.717, 1.165) is 17.0 Å². The smallest absolute Gasteiger partial charge is 0.235 e. The van der Waals surface area contributed by atoms with Crippen LogP contribution in [-0.4, -0.2) is 25.7 Å². The number of ether oxygens (including phenoxy) is 2. The fourth-order valence-corrected chi connectivity index (χ4v) is 3.86. The Kier molecular flexibility index (Phi) is 6.07. The zero-order valence-corrected chi connectivity index (χ0v) is 16.1. The van der Waals surface area contributed by atoms with Gasteiger partial charge in [0.05, 0.1) is 12.0 Å². The number of carbonyl (C=O) groups excluding carboxylic acids is 1. The standard InChI is InChI=1S/C20H21Cl2NO3/c1-2-26-16-6-4-15(5-7-16)23-19(24)20(9-11-25-12-10-20)17-8-3-14(21)13-18(17)22/h3-8,13H,2,9-12H2,1H3,(H,23,24). The number of carbonyl (C=O) groups is 1. The van der Waals surface area contributed by atoms with Crippen LogP contribution in [0.25, 0.3) is 0 Å². The third-order valence-corrected chi connectivity index (χ3v) is 5.20. The molecule has 0 bridgehead atoms. The molecule has 1 heterocycles. The van der Waals surface area contributed by atoms with E-state index in [9.17, 15) is 4.79 Å². The lowest BCUT2D eigenvalue weighted by Crippen LogP contribution is -2.45. The van der Waals surface area contributed by atoms with Crippen molar-refractivity contribution in [3.63, 3.8) is 0 Å². The quantitative estimate of drug-likeness (QED) is 0.770. The summed E-state index contributed by atoms with van der Waals surface area (Å²) < 4.78 is 10.9. The molecular weight excluding hydrogens is 373 g/mol. The maximum absolute atomic E-state index is 13.2. The minimum atomic E-state index is -0.738. The summed E-state index contributed by atoms with van der Waals surface area (Å²) in [6.45, 7) is 3.55. The fourth-order valence-electron chi connectivity index (χ4n) is 3.27. The summed E-state index contributed by atoms with van der Waals surface area (Å²) in [6, 6.07) is 12.6. The minimum Gasteiger partial charge on any atom is -0.494 e. The molecule has 0 aromatic heterocycles. The van der Waals surface area contributed by atoms with E-state index in [4.69, 9.17) is 32.7 Å². The Hall–Kier alpha value is -1.75. The van der Waals surface area contributed by atoms with Crippen LogP contribution in [0.5, 0.6) is 5.75 Å². The van der Waals surface area contributed by atoms with E-state index in [-0.39, 0.29) is 5.91 Å². The van der Waals surface area contributed by atoms with Gasteiger partial charge in [0.2, 0.25) is 5.91 Å². The molecule has 1 N–H and O–H groups in total. The van der Waals surface area contributed by atoms with Crippen molar-refractivity contribution in [1.82, 2.24) is 0 Å². The van der Waals surface area contributed by atoms with Crippen LogP contribution in [0.2, 0.25) is 10.0 Å². The predicted octanol–water partition coefficient (Wildman–Crippen LogP) is 5.08. The molecule has 1 saturated heterocycles. The second-order valence-corrected chi connectivity index (χ2v) is 7.07. The zero-order chi connectivity index (χ0) is 18.6. The number of nitrogens with one attached hydrogen (secondary N) is 1. The van der Waals surface area contributed by atoms with Gasteiger partial charge in [0.25, 0.3) is 0 Å². The van der Waals surface area contributed by atoms with Gasteiger partial charge in [0.15, 0.2) is 0 Å². The molecule has 0 unspecified atom stereocenters. The molecule has 0 saturated carbocycles. The van der Waals surface area contributed by atoms with Crippen molar-refractivity contribution in [3.8, 4) is 5.75 Å². The third-order valence-electron chi connectivity index (χ3n) is 4.65. The normalized spacial score (nSPS) is 16.1. The van der Waals surface area contributed by atoms with Crippen LogP contribution in [0.1, 0.15) is 25.3 Å². The van der Waals surface area contributed by atoms with Crippen LogP contribution in [-0.2, 0) is 14.9 Å². The number of amides is 1. The molecule has 26 heavy (non-hydrogen) atoms. The van der Waals surface area contributed by atoms with Crippen molar-refractivity contribution >= 4 is 34.8 Å². The highest BCUT2D eigenvalue weighted by molar-refractivity contribution is 6.35. The molecule has 138 valence electrons.